The number of hydrogen-bond acceptors (Lipinski definition) is 9. The van der Waals surface area contributed by atoms with Gasteiger partial charge in [-0.05, 0) is 25.1 Å². The summed E-state index contributed by atoms with van der Waals surface area (Å²) >= 11 is 6.05. The first-order chi connectivity index (χ1) is 15.1. The van der Waals surface area contributed by atoms with Gasteiger partial charge in [-0.2, -0.15) is 0 Å². The molecule has 0 unspecified atom stereocenters. The summed E-state index contributed by atoms with van der Waals surface area (Å²) in [4.78, 5) is 20.7. The highest BCUT2D eigenvalue weighted by Gasteiger charge is 2.21. The molecule has 0 saturated heterocycles. The van der Waals surface area contributed by atoms with Gasteiger partial charge in [-0.25, -0.2) is 27.9 Å². The minimum Gasteiger partial charge on any atom is -0.479 e. The molecule has 32 heavy (non-hydrogen) atoms. The van der Waals surface area contributed by atoms with Gasteiger partial charge in [-0.1, -0.05) is 22.9 Å². The molecule has 170 valence electrons. The molecule has 1 atom stereocenters. The number of halogens is 1. The number of carbonyl (C=O) groups excluding carboxylic acids is 1. The van der Waals surface area contributed by atoms with E-state index < -0.39 is 22.2 Å². The normalized spacial score (nSPS) is 12.2. The van der Waals surface area contributed by atoms with Crippen molar-refractivity contribution in [3.8, 4) is 17.3 Å². The molecular formula is C18H20ClN7O5S. The maximum absolute atomic E-state index is 12.5. The highest BCUT2D eigenvalue weighted by atomic mass is 35.5. The van der Waals surface area contributed by atoms with E-state index in [1.54, 1.807) is 26.1 Å². The monoisotopic (exact) mass is 481 g/mol. The van der Waals surface area contributed by atoms with Gasteiger partial charge >= 0.3 is 6.09 Å². The molecule has 12 nitrogen and oxygen atoms in total. The average molecular weight is 482 g/mol. The van der Waals surface area contributed by atoms with E-state index in [9.17, 15) is 13.2 Å². The lowest BCUT2D eigenvalue weighted by Crippen LogP contribution is -2.18. The third-order valence-electron chi connectivity index (χ3n) is 4.15. The minimum atomic E-state index is -3.53. The Morgan fingerprint density at radius 1 is 1.28 bits per heavy atom. The number of rotatable bonds is 7. The van der Waals surface area contributed by atoms with Crippen LogP contribution in [0.15, 0.2) is 30.5 Å². The van der Waals surface area contributed by atoms with Crippen LogP contribution in [0.1, 0.15) is 18.6 Å². The summed E-state index contributed by atoms with van der Waals surface area (Å²) in [7, 11) is -0.616. The number of amides is 1. The van der Waals surface area contributed by atoms with E-state index in [-0.39, 0.29) is 33.9 Å². The fraction of sp³-hybridized carbons (Fsp3) is 0.278. The molecule has 0 bridgehead atoms. The second-order valence-corrected chi connectivity index (χ2v) is 8.70. The first kappa shape index (κ1) is 23.2. The molecule has 14 heteroatoms. The van der Waals surface area contributed by atoms with E-state index in [4.69, 9.17) is 21.1 Å². The van der Waals surface area contributed by atoms with Gasteiger partial charge in [0.2, 0.25) is 15.9 Å². The standard InChI is InChI=1S/C18H20ClN7O5S/c1-10(11-6-5-9-20-15(11)19)31-18(27)22-16-14(23-25-26(16)2)12-7-8-13(17(21-12)30-3)24-32(4,28)29/h5-10,24H,1-4H3,(H,22,27)/t10-/m1/s1. The van der Waals surface area contributed by atoms with Gasteiger partial charge in [0.15, 0.2) is 11.5 Å². The number of aromatic nitrogens is 5. The van der Waals surface area contributed by atoms with Gasteiger partial charge in [-0.15, -0.1) is 5.10 Å². The van der Waals surface area contributed by atoms with Crippen LogP contribution in [-0.2, 0) is 21.8 Å². The molecule has 0 fully saturated rings. The van der Waals surface area contributed by atoms with Crippen LogP contribution < -0.4 is 14.8 Å². The van der Waals surface area contributed by atoms with Crippen molar-refractivity contribution in [2.24, 2.45) is 7.05 Å². The Bertz CT molecular complexity index is 1250. The third kappa shape index (κ3) is 5.42. The fourth-order valence-electron chi connectivity index (χ4n) is 2.73. The Morgan fingerprint density at radius 3 is 2.69 bits per heavy atom. The second-order valence-electron chi connectivity index (χ2n) is 6.59. The molecule has 0 saturated carbocycles. The quantitative estimate of drug-likeness (QED) is 0.485. The van der Waals surface area contributed by atoms with Gasteiger partial charge in [-0.3, -0.25) is 10.0 Å². The van der Waals surface area contributed by atoms with E-state index >= 15 is 0 Å². The Kier molecular flexibility index (Phi) is 6.79. The molecule has 3 heterocycles. The van der Waals surface area contributed by atoms with Crippen molar-refractivity contribution in [3.05, 3.63) is 41.2 Å². The zero-order valence-electron chi connectivity index (χ0n) is 17.5. The number of nitrogens with one attached hydrogen (secondary N) is 2. The summed E-state index contributed by atoms with van der Waals surface area (Å²) < 4.78 is 37.2. The summed E-state index contributed by atoms with van der Waals surface area (Å²) in [6.07, 6.45) is 1.10. The van der Waals surface area contributed by atoms with Crippen LogP contribution in [0.2, 0.25) is 5.15 Å². The molecule has 0 spiro atoms. The average Bonchev–Trinajstić information content (AvgIpc) is 3.07. The maximum Gasteiger partial charge on any atom is 0.413 e. The van der Waals surface area contributed by atoms with E-state index in [2.05, 4.69) is 30.3 Å². The van der Waals surface area contributed by atoms with Crippen LogP contribution >= 0.6 is 11.6 Å². The Balaban J connectivity index is 1.83. The van der Waals surface area contributed by atoms with Gasteiger partial charge < -0.3 is 9.47 Å². The van der Waals surface area contributed by atoms with E-state index in [0.29, 0.717) is 5.56 Å². The van der Waals surface area contributed by atoms with E-state index in [0.717, 1.165) is 6.26 Å². The molecule has 2 N–H and O–H groups in total. The molecule has 3 aromatic heterocycles. The predicted molar refractivity (Wildman–Crippen MR) is 117 cm³/mol. The summed E-state index contributed by atoms with van der Waals surface area (Å²) in [6, 6.07) is 6.36. The molecular weight excluding hydrogens is 462 g/mol. The maximum atomic E-state index is 12.5. The molecule has 0 aliphatic carbocycles. The number of aryl methyl sites for hydroxylation is 1. The first-order valence-corrected chi connectivity index (χ1v) is 11.4. The topological polar surface area (TPSA) is 150 Å². The lowest BCUT2D eigenvalue weighted by atomic mass is 10.2. The third-order valence-corrected chi connectivity index (χ3v) is 5.06. The second kappa shape index (κ2) is 9.36. The van der Waals surface area contributed by atoms with Crippen molar-refractivity contribution < 1.29 is 22.7 Å². The number of ether oxygens (including phenoxy) is 2. The number of pyridine rings is 2. The molecule has 3 aromatic rings. The number of anilines is 2. The van der Waals surface area contributed by atoms with Crippen LogP contribution in [0.4, 0.5) is 16.3 Å². The van der Waals surface area contributed by atoms with Crippen LogP contribution in [0.5, 0.6) is 5.88 Å². The fourth-order valence-corrected chi connectivity index (χ4v) is 3.55. The van der Waals surface area contributed by atoms with Gasteiger partial charge in [0.05, 0.1) is 19.1 Å². The number of hydrogen-bond donors (Lipinski definition) is 2. The summed E-state index contributed by atoms with van der Waals surface area (Å²) in [5.41, 5.74) is 1.21. The van der Waals surface area contributed by atoms with Gasteiger partial charge in [0.1, 0.15) is 16.9 Å². The Hall–Kier alpha value is -3.45. The number of carbonyl (C=O) groups is 1. The first-order valence-electron chi connectivity index (χ1n) is 9.10. The SMILES string of the molecule is COc1nc(-c2nnn(C)c2NC(=O)O[C@H](C)c2cccnc2Cl)ccc1NS(C)(=O)=O. The minimum absolute atomic E-state index is 0.0203. The predicted octanol–water partition coefficient (Wildman–Crippen LogP) is 2.62. The highest BCUT2D eigenvalue weighted by Crippen LogP contribution is 2.30. The molecule has 0 radical (unpaired) electrons. The van der Waals surface area contributed by atoms with Crippen LogP contribution in [0.25, 0.3) is 11.4 Å². The van der Waals surface area contributed by atoms with Crippen molar-refractivity contribution in [1.82, 2.24) is 25.0 Å². The van der Waals surface area contributed by atoms with Crippen LogP contribution in [0, 0.1) is 0 Å². The van der Waals surface area contributed by atoms with E-state index in [1.165, 1.54) is 30.1 Å². The summed E-state index contributed by atoms with van der Waals surface area (Å²) in [5, 5.41) is 10.8. The highest BCUT2D eigenvalue weighted by molar-refractivity contribution is 7.92. The summed E-state index contributed by atoms with van der Waals surface area (Å²) in [5.74, 6) is 0.227. The van der Waals surface area contributed by atoms with Gasteiger partial charge in [0, 0.05) is 18.8 Å². The Morgan fingerprint density at radius 2 is 2.03 bits per heavy atom. The molecule has 0 aliphatic rings. The van der Waals surface area contributed by atoms with Crippen LogP contribution in [0.3, 0.4) is 0 Å². The van der Waals surface area contributed by atoms with Crippen molar-refractivity contribution >= 4 is 39.2 Å². The molecule has 1 amide bonds. The zero-order valence-corrected chi connectivity index (χ0v) is 19.1. The van der Waals surface area contributed by atoms with Crippen molar-refractivity contribution in [2.45, 2.75) is 13.0 Å². The van der Waals surface area contributed by atoms with Crippen LogP contribution in [-0.4, -0.2) is 52.8 Å². The number of sulfonamides is 1. The lowest BCUT2D eigenvalue weighted by molar-refractivity contribution is 0.121. The number of nitrogens with zero attached hydrogens (tertiary/aromatic N) is 5. The molecule has 0 aromatic carbocycles. The van der Waals surface area contributed by atoms with Crippen molar-refractivity contribution in [3.63, 3.8) is 0 Å². The van der Waals surface area contributed by atoms with Crippen molar-refractivity contribution in [1.29, 1.82) is 0 Å². The van der Waals surface area contributed by atoms with E-state index in [1.807, 2.05) is 0 Å². The zero-order chi connectivity index (χ0) is 23.5. The summed E-state index contributed by atoms with van der Waals surface area (Å²) in [6.45, 7) is 1.66. The molecule has 0 aliphatic heterocycles. The molecule has 3 rings (SSSR count). The smallest absolute Gasteiger partial charge is 0.413 e. The van der Waals surface area contributed by atoms with Gasteiger partial charge in [0.25, 0.3) is 0 Å². The van der Waals surface area contributed by atoms with Crippen molar-refractivity contribution in [2.75, 3.05) is 23.4 Å². The Labute approximate surface area is 189 Å². The largest absolute Gasteiger partial charge is 0.479 e. The lowest BCUT2D eigenvalue weighted by Gasteiger charge is -2.15. The number of methoxy groups -OCH3 is 1.